The summed E-state index contributed by atoms with van der Waals surface area (Å²) in [7, 11) is 10.7. The van der Waals surface area contributed by atoms with Gasteiger partial charge in [0.05, 0.1) is 9.52 Å². The molecule has 0 unspecified atom stereocenters. The molecule has 0 saturated heterocycles. The number of aryl methyl sites for hydroxylation is 1. The van der Waals surface area contributed by atoms with E-state index in [4.69, 9.17) is 17.0 Å². The molecule has 0 saturated carbocycles. The molecule has 1 aliphatic heterocycles. The standard InChI is InChI=1S/C26H25.C12H7Si.2ClH.Zr/c1-18-14-15-20-16-21(26(2,3)4)17-24(20)25(18)23-13-9-8-12-22(23)19-10-6-5-7-11-19;1-3-7-11-9(5-1)10-6-2-4-8-12(10)13-11;;;/h5-17H,1-4H3;1-7H;2*1H;/q2*-1;;;+4/p-2. The van der Waals surface area contributed by atoms with Crippen molar-refractivity contribution in [2.75, 3.05) is 0 Å². The van der Waals surface area contributed by atoms with Gasteiger partial charge in [-0.3, -0.25) is 0 Å². The van der Waals surface area contributed by atoms with Crippen molar-refractivity contribution in [3.63, 3.8) is 0 Å². The first-order valence-electron chi connectivity index (χ1n) is 14.0. The van der Waals surface area contributed by atoms with Crippen molar-refractivity contribution < 1.29 is 20.8 Å². The Bertz CT molecular complexity index is 1750. The zero-order valence-corrected chi connectivity index (χ0v) is 29.3. The number of hydrogen-bond donors (Lipinski definition) is 0. The topological polar surface area (TPSA) is 0 Å². The molecule has 0 spiro atoms. The summed E-state index contributed by atoms with van der Waals surface area (Å²) in [6.45, 7) is 9.07. The molecule has 0 aromatic heterocycles. The van der Waals surface area contributed by atoms with Crippen LogP contribution in [-0.2, 0) is 26.3 Å². The van der Waals surface area contributed by atoms with Crippen LogP contribution in [0.15, 0.2) is 121 Å². The van der Waals surface area contributed by atoms with Crippen molar-refractivity contribution in [3.05, 3.63) is 139 Å². The van der Waals surface area contributed by atoms with Crippen molar-refractivity contribution >= 4 is 47.7 Å². The number of hydrogen-bond acceptors (Lipinski definition) is 0. The van der Waals surface area contributed by atoms with E-state index < -0.39 is 20.8 Å². The van der Waals surface area contributed by atoms with Gasteiger partial charge in [0.25, 0.3) is 0 Å². The molecule has 0 amide bonds. The first-order chi connectivity index (χ1) is 20.3. The molecule has 0 aliphatic carbocycles. The fourth-order valence-electron chi connectivity index (χ4n) is 5.48. The Hall–Kier alpha value is -2.61. The molecule has 1 aliphatic rings. The van der Waals surface area contributed by atoms with E-state index in [1.54, 1.807) is 0 Å². The van der Waals surface area contributed by atoms with E-state index in [0.717, 1.165) is 9.52 Å². The Morgan fingerprint density at radius 1 is 0.714 bits per heavy atom. The van der Waals surface area contributed by atoms with Gasteiger partial charge >= 0.3 is 37.9 Å². The van der Waals surface area contributed by atoms with Crippen molar-refractivity contribution in [3.8, 4) is 33.4 Å². The van der Waals surface area contributed by atoms with Crippen LogP contribution in [0.3, 0.4) is 0 Å². The molecule has 0 N–H and O–H groups in total. The molecule has 0 nitrogen and oxygen atoms in total. The number of halogens is 2. The molecule has 2 radical (unpaired) electrons. The summed E-state index contributed by atoms with van der Waals surface area (Å²) in [4.78, 5) is 0. The molecule has 4 heteroatoms. The molecule has 0 atom stereocenters. The van der Waals surface area contributed by atoms with Crippen molar-refractivity contribution in [2.24, 2.45) is 0 Å². The van der Waals surface area contributed by atoms with Gasteiger partial charge in [-0.1, -0.05) is 122 Å². The Labute approximate surface area is 271 Å². The smallest absolute Gasteiger partial charge is 0.0920 e. The third kappa shape index (κ3) is 6.79. The van der Waals surface area contributed by atoms with Gasteiger partial charge in [0.2, 0.25) is 0 Å². The summed E-state index contributed by atoms with van der Waals surface area (Å²) in [6.07, 6.45) is 0. The van der Waals surface area contributed by atoms with Crippen molar-refractivity contribution in [2.45, 2.75) is 33.1 Å². The maximum atomic E-state index is 4.93. The normalized spacial score (nSPS) is 11.4. The number of rotatable bonds is 2. The Balaban J connectivity index is 0.000000183. The van der Waals surface area contributed by atoms with Gasteiger partial charge in [-0.15, -0.1) is 40.1 Å². The molecule has 1 heterocycles. The monoisotopic (exact) mass is 676 g/mol. The van der Waals surface area contributed by atoms with E-state index in [2.05, 4.69) is 149 Å². The minimum Gasteiger partial charge on any atom is -0.184 e. The minimum atomic E-state index is -0.826. The first-order valence-corrected chi connectivity index (χ1v) is 21.3. The second kappa shape index (κ2) is 13.8. The van der Waals surface area contributed by atoms with Gasteiger partial charge in [-0.25, -0.2) is 0 Å². The van der Waals surface area contributed by atoms with E-state index in [1.807, 2.05) is 6.07 Å². The van der Waals surface area contributed by atoms with Crippen LogP contribution in [0.1, 0.15) is 31.9 Å². The largest absolute Gasteiger partial charge is 0.184 e. The van der Waals surface area contributed by atoms with Crippen LogP contribution in [0.4, 0.5) is 0 Å². The second-order valence-corrected chi connectivity index (χ2v) is 16.4. The van der Waals surface area contributed by atoms with E-state index in [9.17, 15) is 0 Å². The molecule has 0 bridgehead atoms. The molecule has 6 aromatic carbocycles. The molecule has 42 heavy (non-hydrogen) atoms. The van der Waals surface area contributed by atoms with Crippen LogP contribution >= 0.6 is 17.0 Å². The van der Waals surface area contributed by atoms with E-state index in [-0.39, 0.29) is 5.41 Å². The van der Waals surface area contributed by atoms with E-state index in [0.29, 0.717) is 0 Å². The average molecular weight is 679 g/mol. The maximum absolute atomic E-state index is 4.93. The molecule has 0 fully saturated rings. The zero-order chi connectivity index (χ0) is 29.7. The fourth-order valence-corrected chi connectivity index (χ4v) is 6.79. The maximum Gasteiger partial charge on any atom is 0.0920 e. The quantitative estimate of drug-likeness (QED) is 0.126. The van der Waals surface area contributed by atoms with Gasteiger partial charge < -0.3 is 0 Å². The van der Waals surface area contributed by atoms with Crippen LogP contribution in [0, 0.1) is 13.0 Å². The fraction of sp³-hybridized carbons (Fsp3) is 0.132. The van der Waals surface area contributed by atoms with Crippen LogP contribution in [0.5, 0.6) is 0 Å². The van der Waals surface area contributed by atoms with Crippen LogP contribution in [0.25, 0.3) is 44.2 Å². The summed E-state index contributed by atoms with van der Waals surface area (Å²) in [5.41, 5.74) is 10.9. The summed E-state index contributed by atoms with van der Waals surface area (Å²) in [5.74, 6) is 0. The third-order valence-corrected chi connectivity index (χ3v) is 8.95. The van der Waals surface area contributed by atoms with Gasteiger partial charge in [0, 0.05) is 0 Å². The van der Waals surface area contributed by atoms with E-state index >= 15 is 0 Å². The predicted molar refractivity (Wildman–Crippen MR) is 181 cm³/mol. The summed E-state index contributed by atoms with van der Waals surface area (Å²) >= 11 is -0.826. The van der Waals surface area contributed by atoms with Gasteiger partial charge in [0.15, 0.2) is 0 Å². The second-order valence-electron chi connectivity index (χ2n) is 11.4. The summed E-state index contributed by atoms with van der Waals surface area (Å²) in [6, 6.07) is 46.9. The van der Waals surface area contributed by atoms with Crippen LogP contribution in [0.2, 0.25) is 0 Å². The summed E-state index contributed by atoms with van der Waals surface area (Å²) in [5, 5.41) is 5.51. The Kier molecular flexibility index (Phi) is 10.1. The van der Waals surface area contributed by atoms with Crippen molar-refractivity contribution in [1.82, 2.24) is 0 Å². The summed E-state index contributed by atoms with van der Waals surface area (Å²) < 4.78 is 0. The molecule has 206 valence electrons. The molecule has 6 aromatic rings. The van der Waals surface area contributed by atoms with Crippen molar-refractivity contribution in [1.29, 1.82) is 0 Å². The number of fused-ring (bicyclic) bond motifs is 4. The SMILES string of the molecule is Cc1ccc2[cH-]c(C(C)(C)C)cc2c1-c1ccccc1-c1ccccc1.[Cl][Zr+2][Cl].[c-]1cccc2c1[Si]c1ccccc1-2. The molecular weight excluding hydrogens is 647 g/mol. The van der Waals surface area contributed by atoms with Gasteiger partial charge in [-0.05, 0) is 29.0 Å². The van der Waals surface area contributed by atoms with Gasteiger partial charge in [0.1, 0.15) is 0 Å². The Morgan fingerprint density at radius 3 is 2.05 bits per heavy atom. The molecular formula is C38H32Cl2SiZr. The predicted octanol–water partition coefficient (Wildman–Crippen LogP) is 10.00. The number of benzene rings is 5. The molecule has 7 rings (SSSR count). The van der Waals surface area contributed by atoms with Gasteiger partial charge in [-0.2, -0.15) is 35.5 Å². The first kappa shape index (κ1) is 30.8. The average Bonchev–Trinajstić information content (AvgIpc) is 3.61. The van der Waals surface area contributed by atoms with Crippen LogP contribution in [-0.4, -0.2) is 9.52 Å². The minimum absolute atomic E-state index is 0.156. The van der Waals surface area contributed by atoms with E-state index in [1.165, 1.54) is 65.7 Å². The van der Waals surface area contributed by atoms with Crippen LogP contribution < -0.4 is 10.4 Å². The zero-order valence-electron chi connectivity index (χ0n) is 24.3. The Morgan fingerprint density at radius 2 is 1.33 bits per heavy atom. The third-order valence-electron chi connectivity index (χ3n) is 7.58.